The molecule has 0 radical (unpaired) electrons. The molecular formula is C16H23N5O2S. The molecule has 0 bridgehead atoms. The van der Waals surface area contributed by atoms with Crippen molar-refractivity contribution in [2.45, 2.75) is 19.0 Å². The van der Waals surface area contributed by atoms with Gasteiger partial charge in [-0.05, 0) is 0 Å². The summed E-state index contributed by atoms with van der Waals surface area (Å²) in [6, 6.07) is 0.0834. The number of amides is 1. The lowest BCUT2D eigenvalue weighted by atomic mass is 10.0. The summed E-state index contributed by atoms with van der Waals surface area (Å²) < 4.78 is 7.80. The lowest BCUT2D eigenvalue weighted by Crippen LogP contribution is -2.39. The molecule has 1 atom stereocenters. The Morgan fingerprint density at radius 1 is 1.46 bits per heavy atom. The van der Waals surface area contributed by atoms with Crippen molar-refractivity contribution in [2.24, 2.45) is 7.05 Å². The predicted octanol–water partition coefficient (Wildman–Crippen LogP) is 1.08. The fourth-order valence-corrected chi connectivity index (χ4v) is 3.59. The number of aryl methyl sites for hydroxylation is 1. The maximum absolute atomic E-state index is 11.7. The standard InChI is InChI=1S/C16H23N5O2S/c1-19(2)15(22)10-23-9-13-16-12(18-11-20(16)3)4-6-21(13)8-14-17-5-7-24-14/h5,7,11,13H,4,6,8-10H2,1-3H3/t13-/m1/s1. The zero-order chi connectivity index (χ0) is 17.1. The highest BCUT2D eigenvalue weighted by molar-refractivity contribution is 7.09. The van der Waals surface area contributed by atoms with Gasteiger partial charge in [0.1, 0.15) is 11.6 Å². The minimum atomic E-state index is -0.0255. The topological polar surface area (TPSA) is 63.5 Å². The number of fused-ring (bicyclic) bond motifs is 1. The van der Waals surface area contributed by atoms with Gasteiger partial charge in [0, 0.05) is 45.7 Å². The second-order valence-corrected chi connectivity index (χ2v) is 7.13. The van der Waals surface area contributed by atoms with E-state index in [-0.39, 0.29) is 18.6 Å². The Morgan fingerprint density at radius 3 is 3.00 bits per heavy atom. The van der Waals surface area contributed by atoms with Crippen LogP contribution in [0, 0.1) is 0 Å². The molecule has 0 aliphatic carbocycles. The molecule has 0 N–H and O–H groups in total. The summed E-state index contributed by atoms with van der Waals surface area (Å²) in [6.07, 6.45) is 4.62. The summed E-state index contributed by atoms with van der Waals surface area (Å²) in [4.78, 5) is 24.6. The summed E-state index contributed by atoms with van der Waals surface area (Å²) >= 11 is 1.66. The van der Waals surface area contributed by atoms with Crippen molar-refractivity contribution >= 4 is 17.2 Å². The molecule has 130 valence electrons. The van der Waals surface area contributed by atoms with Crippen molar-refractivity contribution in [3.8, 4) is 0 Å². The molecule has 7 nitrogen and oxygen atoms in total. The monoisotopic (exact) mass is 349 g/mol. The second kappa shape index (κ2) is 7.42. The number of hydrogen-bond acceptors (Lipinski definition) is 6. The highest BCUT2D eigenvalue weighted by Crippen LogP contribution is 2.30. The Bertz CT molecular complexity index is 683. The number of rotatable bonds is 6. The molecule has 1 amide bonds. The Kier molecular flexibility index (Phi) is 5.27. The molecule has 8 heteroatoms. The van der Waals surface area contributed by atoms with E-state index < -0.39 is 0 Å². The number of nitrogens with zero attached hydrogens (tertiary/aromatic N) is 5. The highest BCUT2D eigenvalue weighted by Gasteiger charge is 2.31. The van der Waals surface area contributed by atoms with Crippen LogP contribution in [0.25, 0.3) is 0 Å². The van der Waals surface area contributed by atoms with Crippen LogP contribution in [0.5, 0.6) is 0 Å². The molecule has 1 aliphatic rings. The molecule has 1 aliphatic heterocycles. The van der Waals surface area contributed by atoms with Gasteiger partial charge in [-0.1, -0.05) is 0 Å². The SMILES string of the molecule is CN(C)C(=O)COC[C@@H]1c2c(ncn2C)CCN1Cc1nccs1. The number of thiazole rings is 1. The molecular weight excluding hydrogens is 326 g/mol. The first-order valence-corrected chi connectivity index (χ1v) is 8.84. The number of aromatic nitrogens is 3. The van der Waals surface area contributed by atoms with Gasteiger partial charge in [-0.3, -0.25) is 9.69 Å². The first-order valence-electron chi connectivity index (χ1n) is 7.96. The molecule has 3 rings (SSSR count). The number of imidazole rings is 1. The molecule has 0 spiro atoms. The van der Waals surface area contributed by atoms with E-state index in [4.69, 9.17) is 4.74 Å². The van der Waals surface area contributed by atoms with Gasteiger partial charge < -0.3 is 14.2 Å². The Labute approximate surface area is 145 Å². The van der Waals surface area contributed by atoms with Crippen molar-refractivity contribution in [2.75, 3.05) is 33.9 Å². The van der Waals surface area contributed by atoms with Gasteiger partial charge in [-0.2, -0.15) is 0 Å². The fraction of sp³-hybridized carbons (Fsp3) is 0.562. The van der Waals surface area contributed by atoms with Gasteiger partial charge in [0.2, 0.25) is 5.91 Å². The maximum atomic E-state index is 11.7. The summed E-state index contributed by atoms with van der Waals surface area (Å²) in [5, 5.41) is 3.09. The maximum Gasteiger partial charge on any atom is 0.248 e. The van der Waals surface area contributed by atoms with Crippen LogP contribution in [0.1, 0.15) is 22.4 Å². The van der Waals surface area contributed by atoms with Gasteiger partial charge in [-0.15, -0.1) is 11.3 Å². The smallest absolute Gasteiger partial charge is 0.248 e. The Balaban J connectivity index is 1.73. The van der Waals surface area contributed by atoms with E-state index in [1.165, 1.54) is 5.69 Å². The van der Waals surface area contributed by atoms with Crippen molar-refractivity contribution in [3.05, 3.63) is 34.3 Å². The van der Waals surface area contributed by atoms with E-state index in [2.05, 4.69) is 19.4 Å². The van der Waals surface area contributed by atoms with Crippen LogP contribution in [0.3, 0.4) is 0 Å². The van der Waals surface area contributed by atoms with Crippen molar-refractivity contribution in [1.82, 2.24) is 24.3 Å². The van der Waals surface area contributed by atoms with E-state index in [1.807, 2.05) is 25.0 Å². The third-order valence-electron chi connectivity index (χ3n) is 4.28. The van der Waals surface area contributed by atoms with E-state index in [0.29, 0.717) is 6.61 Å². The summed E-state index contributed by atoms with van der Waals surface area (Å²) in [5.41, 5.74) is 2.30. The minimum absolute atomic E-state index is 0.0255. The molecule has 0 saturated heterocycles. The van der Waals surface area contributed by atoms with E-state index in [1.54, 1.807) is 30.3 Å². The van der Waals surface area contributed by atoms with Crippen LogP contribution >= 0.6 is 11.3 Å². The normalized spacial score (nSPS) is 17.7. The van der Waals surface area contributed by atoms with Crippen LogP contribution in [-0.4, -0.2) is 64.1 Å². The molecule has 0 aromatic carbocycles. The number of carbonyl (C=O) groups excluding carboxylic acids is 1. The number of ether oxygens (including phenoxy) is 1. The zero-order valence-corrected chi connectivity index (χ0v) is 15.1. The lowest BCUT2D eigenvalue weighted by Gasteiger charge is -2.35. The molecule has 2 aromatic rings. The average Bonchev–Trinajstić information content (AvgIpc) is 3.19. The number of carbonyl (C=O) groups is 1. The zero-order valence-electron chi connectivity index (χ0n) is 14.3. The first-order chi connectivity index (χ1) is 11.6. The van der Waals surface area contributed by atoms with Gasteiger partial charge in [-0.25, -0.2) is 9.97 Å². The average molecular weight is 349 g/mol. The van der Waals surface area contributed by atoms with Crippen LogP contribution in [-0.2, 0) is 29.5 Å². The first kappa shape index (κ1) is 17.1. The largest absolute Gasteiger partial charge is 0.370 e. The molecule has 24 heavy (non-hydrogen) atoms. The van der Waals surface area contributed by atoms with Crippen LogP contribution in [0.15, 0.2) is 17.9 Å². The quantitative estimate of drug-likeness (QED) is 0.781. The summed E-state index contributed by atoms with van der Waals surface area (Å²) in [7, 11) is 5.48. The lowest BCUT2D eigenvalue weighted by molar-refractivity contribution is -0.134. The second-order valence-electron chi connectivity index (χ2n) is 6.15. The van der Waals surface area contributed by atoms with E-state index in [0.717, 1.165) is 30.2 Å². The number of hydrogen-bond donors (Lipinski definition) is 0. The van der Waals surface area contributed by atoms with Crippen molar-refractivity contribution in [3.63, 3.8) is 0 Å². The molecule has 0 unspecified atom stereocenters. The van der Waals surface area contributed by atoms with Gasteiger partial charge in [0.15, 0.2) is 0 Å². The van der Waals surface area contributed by atoms with E-state index >= 15 is 0 Å². The Morgan fingerprint density at radius 2 is 2.29 bits per heavy atom. The highest BCUT2D eigenvalue weighted by atomic mass is 32.1. The van der Waals surface area contributed by atoms with Crippen LogP contribution in [0.2, 0.25) is 0 Å². The Hall–Kier alpha value is -1.77. The predicted molar refractivity (Wildman–Crippen MR) is 91.7 cm³/mol. The molecule has 0 saturated carbocycles. The van der Waals surface area contributed by atoms with Gasteiger partial charge in [0.05, 0.1) is 36.9 Å². The molecule has 0 fully saturated rings. The van der Waals surface area contributed by atoms with Gasteiger partial charge in [0.25, 0.3) is 0 Å². The van der Waals surface area contributed by atoms with Crippen molar-refractivity contribution < 1.29 is 9.53 Å². The molecule has 3 heterocycles. The third-order valence-corrected chi connectivity index (χ3v) is 5.04. The summed E-state index contributed by atoms with van der Waals surface area (Å²) in [6.45, 7) is 2.27. The molecule has 2 aromatic heterocycles. The third kappa shape index (κ3) is 3.66. The van der Waals surface area contributed by atoms with Crippen molar-refractivity contribution in [1.29, 1.82) is 0 Å². The van der Waals surface area contributed by atoms with Gasteiger partial charge >= 0.3 is 0 Å². The minimum Gasteiger partial charge on any atom is -0.370 e. The fourth-order valence-electron chi connectivity index (χ4n) is 2.95. The van der Waals surface area contributed by atoms with E-state index in [9.17, 15) is 4.79 Å². The van der Waals surface area contributed by atoms with Crippen LogP contribution < -0.4 is 0 Å². The summed E-state index contributed by atoms with van der Waals surface area (Å²) in [5.74, 6) is -0.0255. The number of likely N-dealkylation sites (N-methyl/N-ethyl adjacent to an activating group) is 1. The van der Waals surface area contributed by atoms with Crippen LogP contribution in [0.4, 0.5) is 0 Å².